The minimum Gasteiger partial charge on any atom is -0.363 e. The van der Waals surface area contributed by atoms with E-state index in [9.17, 15) is 9.59 Å². The largest absolute Gasteiger partial charge is 0.363 e. The van der Waals surface area contributed by atoms with E-state index in [0.29, 0.717) is 30.1 Å². The number of hydrogen-bond donors (Lipinski definition) is 0. The quantitative estimate of drug-likeness (QED) is 0.553. The average molecular weight is 454 g/mol. The van der Waals surface area contributed by atoms with Gasteiger partial charge in [-0.2, -0.15) is 0 Å². The lowest BCUT2D eigenvalue weighted by Crippen LogP contribution is -2.47. The molecular weight excluding hydrogens is 426 g/mol. The third-order valence-corrected chi connectivity index (χ3v) is 6.41. The number of benzene rings is 1. The molecule has 2 aliphatic rings. The molecule has 0 atom stereocenters. The zero-order valence-corrected chi connectivity index (χ0v) is 19.4. The smallest absolute Gasteiger partial charge is 0.278 e. The van der Waals surface area contributed by atoms with Gasteiger partial charge in [0.15, 0.2) is 0 Å². The molecule has 7 nitrogen and oxygen atoms in total. The van der Waals surface area contributed by atoms with Gasteiger partial charge < -0.3 is 9.80 Å². The lowest BCUT2D eigenvalue weighted by molar-refractivity contribution is -0.138. The summed E-state index contributed by atoms with van der Waals surface area (Å²) in [7, 11) is 0. The Morgan fingerprint density at radius 3 is 2.15 bits per heavy atom. The van der Waals surface area contributed by atoms with Crippen molar-refractivity contribution >= 4 is 23.2 Å². The van der Waals surface area contributed by atoms with E-state index in [1.54, 1.807) is 12.4 Å². The van der Waals surface area contributed by atoms with Crippen LogP contribution in [0.2, 0.25) is 0 Å². The van der Waals surface area contributed by atoms with Gasteiger partial charge in [-0.3, -0.25) is 19.5 Å². The van der Waals surface area contributed by atoms with Gasteiger partial charge in [0.05, 0.1) is 17.8 Å². The summed E-state index contributed by atoms with van der Waals surface area (Å²) in [5.74, 6) is 0.415. The number of piperazine rings is 1. The number of amides is 2. The van der Waals surface area contributed by atoms with E-state index in [4.69, 9.17) is 0 Å². The van der Waals surface area contributed by atoms with Crippen LogP contribution in [0.15, 0.2) is 72.7 Å². The first-order valence-electron chi connectivity index (χ1n) is 11.5. The number of aromatic nitrogens is 2. The summed E-state index contributed by atoms with van der Waals surface area (Å²) >= 11 is 0. The number of carbonyl (C=O) groups is 2. The van der Waals surface area contributed by atoms with Crippen LogP contribution in [-0.2, 0) is 16.1 Å². The Morgan fingerprint density at radius 1 is 0.794 bits per heavy atom. The highest BCUT2D eigenvalue weighted by Gasteiger charge is 2.42. The Labute approximate surface area is 199 Å². The molecule has 0 saturated carbocycles. The normalized spacial score (nSPS) is 16.6. The number of aryl methyl sites for hydroxylation is 2. The maximum Gasteiger partial charge on any atom is 0.278 e. The molecule has 7 heteroatoms. The number of rotatable bonds is 5. The molecule has 0 aliphatic carbocycles. The van der Waals surface area contributed by atoms with Crippen LogP contribution in [-0.4, -0.2) is 57.8 Å². The molecular formula is C27H27N5O2. The summed E-state index contributed by atoms with van der Waals surface area (Å²) < 4.78 is 0. The zero-order valence-electron chi connectivity index (χ0n) is 19.4. The van der Waals surface area contributed by atoms with E-state index in [-0.39, 0.29) is 18.4 Å². The molecule has 2 aliphatic heterocycles. The van der Waals surface area contributed by atoms with Gasteiger partial charge in [0.2, 0.25) is 0 Å². The number of nitrogens with zero attached hydrogens (tertiary/aromatic N) is 5. The Balaban J connectivity index is 1.48. The van der Waals surface area contributed by atoms with E-state index in [1.807, 2.05) is 62.4 Å². The van der Waals surface area contributed by atoms with E-state index in [1.165, 1.54) is 4.90 Å². The third kappa shape index (κ3) is 4.05. The summed E-state index contributed by atoms with van der Waals surface area (Å²) in [4.78, 5) is 41.7. The lowest BCUT2D eigenvalue weighted by atomic mass is 9.97. The van der Waals surface area contributed by atoms with Gasteiger partial charge >= 0.3 is 0 Å². The standard InChI is InChI=1S/C27H27N5O2/c1-19-9-10-22(20(2)17-19)24-25(27(34)32(26(24)33)18-21-7-3-5-11-28-21)31-15-13-30(14-16-31)23-8-4-6-12-29-23/h3-12,17H,13-16,18H2,1-2H3. The summed E-state index contributed by atoms with van der Waals surface area (Å²) in [6.45, 7) is 6.89. The van der Waals surface area contributed by atoms with Crippen molar-refractivity contribution in [2.75, 3.05) is 31.1 Å². The summed E-state index contributed by atoms with van der Waals surface area (Å²) in [6.07, 6.45) is 3.47. The molecule has 5 rings (SSSR count). The summed E-state index contributed by atoms with van der Waals surface area (Å²) in [6, 6.07) is 17.4. The second-order valence-corrected chi connectivity index (χ2v) is 8.72. The van der Waals surface area contributed by atoms with Crippen molar-refractivity contribution in [2.45, 2.75) is 20.4 Å². The van der Waals surface area contributed by atoms with Crippen LogP contribution >= 0.6 is 0 Å². The van der Waals surface area contributed by atoms with Crippen molar-refractivity contribution in [1.29, 1.82) is 0 Å². The van der Waals surface area contributed by atoms with E-state index < -0.39 is 0 Å². The topological polar surface area (TPSA) is 69.6 Å². The fraction of sp³-hybridized carbons (Fsp3) is 0.259. The summed E-state index contributed by atoms with van der Waals surface area (Å²) in [5.41, 5.74) is 4.59. The Morgan fingerprint density at radius 2 is 1.50 bits per heavy atom. The highest BCUT2D eigenvalue weighted by Crippen LogP contribution is 2.35. The van der Waals surface area contributed by atoms with Crippen LogP contribution in [0.3, 0.4) is 0 Å². The fourth-order valence-corrected chi connectivity index (χ4v) is 4.69. The van der Waals surface area contributed by atoms with Crippen molar-refractivity contribution in [3.05, 3.63) is 95.1 Å². The minimum atomic E-state index is -0.259. The van der Waals surface area contributed by atoms with Gasteiger partial charge in [-0.25, -0.2) is 4.98 Å². The average Bonchev–Trinajstić information content (AvgIpc) is 3.10. The Bertz CT molecular complexity index is 1250. The van der Waals surface area contributed by atoms with Crippen molar-refractivity contribution in [3.63, 3.8) is 0 Å². The number of imide groups is 1. The molecule has 172 valence electrons. The SMILES string of the molecule is Cc1ccc(C2=C(N3CCN(c4ccccn4)CC3)C(=O)N(Cc3ccccn3)C2=O)c(C)c1. The van der Waals surface area contributed by atoms with E-state index in [2.05, 4.69) is 25.8 Å². The highest BCUT2D eigenvalue weighted by molar-refractivity contribution is 6.35. The van der Waals surface area contributed by atoms with Gasteiger partial charge in [-0.15, -0.1) is 0 Å². The lowest BCUT2D eigenvalue weighted by Gasteiger charge is -2.37. The molecule has 2 aromatic heterocycles. The van der Waals surface area contributed by atoms with E-state index >= 15 is 0 Å². The molecule has 1 aromatic carbocycles. The molecule has 34 heavy (non-hydrogen) atoms. The summed E-state index contributed by atoms with van der Waals surface area (Å²) in [5, 5.41) is 0. The van der Waals surface area contributed by atoms with Crippen LogP contribution in [0.25, 0.3) is 5.57 Å². The van der Waals surface area contributed by atoms with Crippen molar-refractivity contribution in [2.24, 2.45) is 0 Å². The highest BCUT2D eigenvalue weighted by atomic mass is 16.2. The van der Waals surface area contributed by atoms with Crippen LogP contribution < -0.4 is 4.90 Å². The minimum absolute atomic E-state index is 0.157. The van der Waals surface area contributed by atoms with Crippen LogP contribution in [0.5, 0.6) is 0 Å². The fourth-order valence-electron chi connectivity index (χ4n) is 4.69. The van der Waals surface area contributed by atoms with Crippen LogP contribution in [0, 0.1) is 13.8 Å². The predicted octanol–water partition coefficient (Wildman–Crippen LogP) is 3.20. The number of carbonyl (C=O) groups excluding carboxylic acids is 2. The van der Waals surface area contributed by atoms with Crippen LogP contribution in [0.1, 0.15) is 22.4 Å². The number of pyridine rings is 2. The number of anilines is 1. The molecule has 1 saturated heterocycles. The third-order valence-electron chi connectivity index (χ3n) is 6.41. The second-order valence-electron chi connectivity index (χ2n) is 8.72. The van der Waals surface area contributed by atoms with Gasteiger partial charge in [0.25, 0.3) is 11.8 Å². The monoisotopic (exact) mass is 453 g/mol. The molecule has 0 radical (unpaired) electrons. The molecule has 2 amide bonds. The molecule has 4 heterocycles. The molecule has 3 aromatic rings. The van der Waals surface area contributed by atoms with Crippen LogP contribution in [0.4, 0.5) is 5.82 Å². The van der Waals surface area contributed by atoms with Gasteiger partial charge in [-0.1, -0.05) is 35.9 Å². The first-order chi connectivity index (χ1) is 16.5. The number of hydrogen-bond acceptors (Lipinski definition) is 6. The van der Waals surface area contributed by atoms with Crippen molar-refractivity contribution in [1.82, 2.24) is 19.8 Å². The maximum absolute atomic E-state index is 13.7. The second kappa shape index (κ2) is 9.09. The zero-order chi connectivity index (χ0) is 23.7. The first kappa shape index (κ1) is 21.8. The maximum atomic E-state index is 13.7. The van der Waals surface area contributed by atoms with Gasteiger partial charge in [0, 0.05) is 38.6 Å². The molecule has 0 unspecified atom stereocenters. The van der Waals surface area contributed by atoms with E-state index in [0.717, 1.165) is 35.6 Å². The molecule has 0 N–H and O–H groups in total. The van der Waals surface area contributed by atoms with Crippen molar-refractivity contribution < 1.29 is 9.59 Å². The van der Waals surface area contributed by atoms with Gasteiger partial charge in [0.1, 0.15) is 11.5 Å². The molecule has 0 spiro atoms. The molecule has 1 fully saturated rings. The Kier molecular flexibility index (Phi) is 5.84. The predicted molar refractivity (Wildman–Crippen MR) is 131 cm³/mol. The van der Waals surface area contributed by atoms with Crippen molar-refractivity contribution in [3.8, 4) is 0 Å². The first-order valence-corrected chi connectivity index (χ1v) is 11.5. The van der Waals surface area contributed by atoms with Gasteiger partial charge in [-0.05, 0) is 49.2 Å². The molecule has 0 bridgehead atoms. The Hall–Kier alpha value is -4.00.